The lowest BCUT2D eigenvalue weighted by molar-refractivity contribution is -0.110. The van der Waals surface area contributed by atoms with Crippen molar-refractivity contribution in [2.45, 2.75) is 39.3 Å². The van der Waals surface area contributed by atoms with Crippen molar-refractivity contribution in [3.8, 4) is 0 Å². The van der Waals surface area contributed by atoms with Gasteiger partial charge in [-0.05, 0) is 19.8 Å². The molecule has 0 N–H and O–H groups in total. The summed E-state index contributed by atoms with van der Waals surface area (Å²) in [4.78, 5) is 10.7. The monoisotopic (exact) mass is 178 g/mol. The van der Waals surface area contributed by atoms with Gasteiger partial charge in [0.15, 0.2) is 5.12 Å². The van der Waals surface area contributed by atoms with Crippen molar-refractivity contribution in [2.24, 2.45) is 0 Å². The average molecular weight is 178 g/mol. The van der Waals surface area contributed by atoms with E-state index in [9.17, 15) is 9.18 Å². The van der Waals surface area contributed by atoms with Crippen LogP contribution < -0.4 is 0 Å². The van der Waals surface area contributed by atoms with Crippen LogP contribution in [0.4, 0.5) is 4.39 Å². The van der Waals surface area contributed by atoms with Crippen LogP contribution in [0.1, 0.15) is 33.1 Å². The van der Waals surface area contributed by atoms with Crippen LogP contribution in [-0.4, -0.2) is 17.0 Å². The third-order valence-electron chi connectivity index (χ3n) is 1.30. The number of halogens is 1. The summed E-state index contributed by atoms with van der Waals surface area (Å²) in [6.07, 6.45) is 1.22. The first kappa shape index (κ1) is 11.0. The quantitative estimate of drug-likeness (QED) is 0.602. The van der Waals surface area contributed by atoms with Gasteiger partial charge in [-0.3, -0.25) is 4.79 Å². The predicted octanol–water partition coefficient (Wildman–Crippen LogP) is 2.79. The van der Waals surface area contributed by atoms with E-state index in [1.807, 2.05) is 6.92 Å². The second-order valence-electron chi connectivity index (χ2n) is 2.50. The van der Waals surface area contributed by atoms with Gasteiger partial charge < -0.3 is 0 Å². The smallest absolute Gasteiger partial charge is 0.188 e. The molecule has 0 radical (unpaired) electrons. The number of hydrogen-bond donors (Lipinski definition) is 0. The molecule has 0 fully saturated rings. The molecule has 0 aromatic rings. The predicted molar refractivity (Wildman–Crippen MR) is 47.6 cm³/mol. The zero-order valence-electron chi connectivity index (χ0n) is 7.10. The molecule has 0 aliphatic heterocycles. The van der Waals surface area contributed by atoms with Crippen molar-refractivity contribution in [1.29, 1.82) is 0 Å². The maximum absolute atomic E-state index is 12.2. The minimum Gasteiger partial charge on any atom is -0.287 e. The Morgan fingerprint density at radius 1 is 1.64 bits per heavy atom. The highest BCUT2D eigenvalue weighted by molar-refractivity contribution is 8.13. The number of carbonyl (C=O) groups is 1. The third-order valence-corrected chi connectivity index (χ3v) is 2.40. The van der Waals surface area contributed by atoms with Gasteiger partial charge in [0.2, 0.25) is 0 Å². The summed E-state index contributed by atoms with van der Waals surface area (Å²) in [5.41, 5.74) is 0. The lowest BCUT2D eigenvalue weighted by Crippen LogP contribution is -1.95. The molecular formula is C8H15FOS. The maximum Gasteiger partial charge on any atom is 0.188 e. The first-order valence-corrected chi connectivity index (χ1v) is 4.95. The zero-order chi connectivity index (χ0) is 8.69. The van der Waals surface area contributed by atoms with Gasteiger partial charge in [-0.25, -0.2) is 4.39 Å². The second kappa shape index (κ2) is 6.65. The molecule has 0 amide bonds. The van der Waals surface area contributed by atoms with Gasteiger partial charge in [0.05, 0.1) is 6.17 Å². The maximum atomic E-state index is 12.2. The van der Waals surface area contributed by atoms with E-state index in [0.717, 1.165) is 12.2 Å². The molecule has 0 aromatic carbocycles. The minimum absolute atomic E-state index is 0.205. The van der Waals surface area contributed by atoms with Crippen LogP contribution in [0.25, 0.3) is 0 Å². The molecule has 1 unspecified atom stereocenters. The fourth-order valence-electron chi connectivity index (χ4n) is 0.653. The highest BCUT2D eigenvalue weighted by Crippen LogP contribution is 2.10. The van der Waals surface area contributed by atoms with E-state index >= 15 is 0 Å². The minimum atomic E-state index is -0.729. The van der Waals surface area contributed by atoms with Crippen LogP contribution in [0.2, 0.25) is 0 Å². The molecule has 0 saturated carbocycles. The summed E-state index contributed by atoms with van der Waals surface area (Å²) in [5.74, 6) is 0.765. The number of rotatable bonds is 5. The largest absolute Gasteiger partial charge is 0.287 e. The molecular weight excluding hydrogens is 163 g/mol. The van der Waals surface area contributed by atoms with E-state index < -0.39 is 6.17 Å². The van der Waals surface area contributed by atoms with E-state index in [4.69, 9.17) is 0 Å². The molecule has 11 heavy (non-hydrogen) atoms. The normalized spacial score (nSPS) is 13.0. The van der Waals surface area contributed by atoms with Crippen LogP contribution in [0.3, 0.4) is 0 Å². The molecule has 1 nitrogen and oxygen atoms in total. The summed E-state index contributed by atoms with van der Waals surface area (Å²) in [6.45, 7) is 3.39. The molecule has 66 valence electrons. The highest BCUT2D eigenvalue weighted by atomic mass is 32.2. The van der Waals surface area contributed by atoms with Gasteiger partial charge in [-0.2, -0.15) is 0 Å². The van der Waals surface area contributed by atoms with Crippen molar-refractivity contribution in [3.63, 3.8) is 0 Å². The van der Waals surface area contributed by atoms with Crippen molar-refractivity contribution in [3.05, 3.63) is 0 Å². The van der Waals surface area contributed by atoms with Gasteiger partial charge >= 0.3 is 0 Å². The number of thioether (sulfide) groups is 1. The number of hydrogen-bond acceptors (Lipinski definition) is 2. The van der Waals surface area contributed by atoms with Gasteiger partial charge in [0.25, 0.3) is 0 Å². The van der Waals surface area contributed by atoms with Crippen molar-refractivity contribution >= 4 is 16.9 Å². The molecule has 1 atom stereocenters. The van der Waals surface area contributed by atoms with Gasteiger partial charge in [0, 0.05) is 12.2 Å². The van der Waals surface area contributed by atoms with Crippen molar-refractivity contribution in [2.75, 3.05) is 5.75 Å². The molecule has 0 aromatic heterocycles. The van der Waals surface area contributed by atoms with Crippen LogP contribution in [0.5, 0.6) is 0 Å². The molecule has 0 aliphatic rings. The Morgan fingerprint density at radius 2 is 2.27 bits per heavy atom. The van der Waals surface area contributed by atoms with Gasteiger partial charge in [0.1, 0.15) is 0 Å². The Bertz CT molecular complexity index is 115. The fraction of sp³-hybridized carbons (Fsp3) is 0.875. The summed E-state index contributed by atoms with van der Waals surface area (Å²) >= 11 is 1.31. The lowest BCUT2D eigenvalue weighted by atomic mass is 10.2. The Kier molecular flexibility index (Phi) is 6.62. The third kappa shape index (κ3) is 7.85. The van der Waals surface area contributed by atoms with Crippen molar-refractivity contribution in [1.82, 2.24) is 0 Å². The summed E-state index contributed by atoms with van der Waals surface area (Å²) in [7, 11) is 0. The second-order valence-corrected chi connectivity index (χ2v) is 3.65. The van der Waals surface area contributed by atoms with E-state index in [-0.39, 0.29) is 5.12 Å². The van der Waals surface area contributed by atoms with E-state index in [1.165, 1.54) is 11.8 Å². The molecule has 0 heterocycles. The lowest BCUT2D eigenvalue weighted by Gasteiger charge is -1.99. The van der Waals surface area contributed by atoms with Crippen LogP contribution in [0.15, 0.2) is 0 Å². The fourth-order valence-corrected chi connectivity index (χ4v) is 1.40. The first-order chi connectivity index (χ1) is 5.16. The Balaban J connectivity index is 3.08. The molecule has 0 bridgehead atoms. The molecule has 0 spiro atoms. The average Bonchev–Trinajstić information content (AvgIpc) is 1.97. The first-order valence-electron chi connectivity index (χ1n) is 3.96. The summed E-state index contributed by atoms with van der Waals surface area (Å²) in [5, 5.41) is 0.205. The van der Waals surface area contributed by atoms with Crippen LogP contribution >= 0.6 is 11.8 Å². The highest BCUT2D eigenvalue weighted by Gasteiger charge is 2.00. The summed E-state index contributed by atoms with van der Waals surface area (Å²) < 4.78 is 12.2. The number of carbonyl (C=O) groups excluding carboxylic acids is 1. The van der Waals surface area contributed by atoms with Gasteiger partial charge in [-0.1, -0.05) is 18.7 Å². The molecule has 0 saturated heterocycles. The van der Waals surface area contributed by atoms with Gasteiger partial charge in [-0.15, -0.1) is 0 Å². The van der Waals surface area contributed by atoms with E-state index in [2.05, 4.69) is 0 Å². The Labute approximate surface area is 71.7 Å². The van der Waals surface area contributed by atoms with E-state index in [1.54, 1.807) is 6.92 Å². The van der Waals surface area contributed by atoms with Crippen molar-refractivity contribution < 1.29 is 9.18 Å². The molecule has 0 rings (SSSR count). The SMILES string of the molecule is CCC(=O)SCCCC(C)F. The summed E-state index contributed by atoms with van der Waals surface area (Å²) in [6, 6.07) is 0. The topological polar surface area (TPSA) is 17.1 Å². The Hall–Kier alpha value is -0.0500. The standard InChI is InChI=1S/C8H15FOS/c1-3-8(10)11-6-4-5-7(2)9/h7H,3-6H2,1-2H3. The Morgan fingerprint density at radius 3 is 2.73 bits per heavy atom. The molecule has 0 aliphatic carbocycles. The molecule has 3 heteroatoms. The number of alkyl halides is 1. The van der Waals surface area contributed by atoms with Crippen LogP contribution in [0, 0.1) is 0 Å². The zero-order valence-corrected chi connectivity index (χ0v) is 7.92. The van der Waals surface area contributed by atoms with Crippen LogP contribution in [-0.2, 0) is 4.79 Å². The van der Waals surface area contributed by atoms with E-state index in [0.29, 0.717) is 12.8 Å².